The third-order valence-electron chi connectivity index (χ3n) is 3.43. The van der Waals surface area contributed by atoms with Crippen molar-refractivity contribution >= 4 is 28.1 Å². The van der Waals surface area contributed by atoms with Crippen LogP contribution in [-0.4, -0.2) is 16.3 Å². The second kappa shape index (κ2) is 6.68. The lowest BCUT2D eigenvalue weighted by Crippen LogP contribution is -2.19. The summed E-state index contributed by atoms with van der Waals surface area (Å²) in [6.45, 7) is 1.05. The number of alkyl halides is 2. The minimum absolute atomic E-state index is 0.0830. The van der Waals surface area contributed by atoms with E-state index in [-0.39, 0.29) is 16.5 Å². The van der Waals surface area contributed by atoms with Gasteiger partial charge in [0.05, 0.1) is 5.39 Å². The molecule has 0 saturated carbocycles. The third kappa shape index (κ3) is 4.24. The molecule has 1 aromatic heterocycles. The number of nitrogens with one attached hydrogen (secondary N) is 2. The third-order valence-corrected chi connectivity index (χ3v) is 3.72. The number of anilines is 1. The van der Waals surface area contributed by atoms with Crippen molar-refractivity contribution in [2.24, 2.45) is 0 Å². The first kappa shape index (κ1) is 17.2. The molecule has 0 aliphatic carbocycles. The number of benzene rings is 2. The summed E-state index contributed by atoms with van der Waals surface area (Å²) < 4.78 is 30.4. The quantitative estimate of drug-likeness (QED) is 0.711. The Balaban J connectivity index is 1.78. The molecule has 0 fully saturated rings. The molecule has 0 atom stereocenters. The van der Waals surface area contributed by atoms with Gasteiger partial charge in [-0.1, -0.05) is 23.7 Å². The normalized spacial score (nSPS) is 11.5. The van der Waals surface area contributed by atoms with Crippen LogP contribution < -0.4 is 15.6 Å². The van der Waals surface area contributed by atoms with Crippen LogP contribution in [0.25, 0.3) is 10.8 Å². The fourth-order valence-corrected chi connectivity index (χ4v) is 2.58. The maximum atomic E-state index is 12.9. The molecule has 0 spiro atoms. The number of H-pyrrole nitrogens is 1. The predicted octanol–water partition coefficient (Wildman–Crippen LogP) is 4.18. The largest absolute Gasteiger partial charge is 0.433 e. The lowest BCUT2D eigenvalue weighted by Gasteiger charge is -2.14. The van der Waals surface area contributed by atoms with Crippen LogP contribution >= 0.6 is 11.6 Å². The van der Waals surface area contributed by atoms with Gasteiger partial charge in [-0.2, -0.15) is 13.9 Å². The second-order valence-corrected chi connectivity index (χ2v) is 5.87. The SMILES string of the molecule is CC(F)(F)Oc1cccc(CNc2ccc3c(Cl)n[nH]c(=O)c3c2)c1. The highest BCUT2D eigenvalue weighted by atomic mass is 35.5. The summed E-state index contributed by atoms with van der Waals surface area (Å²) in [5.41, 5.74) is 1.10. The summed E-state index contributed by atoms with van der Waals surface area (Å²) in [5, 5.41) is 10.3. The Bertz CT molecular complexity index is 970. The molecule has 3 rings (SSSR count). The highest BCUT2D eigenvalue weighted by Crippen LogP contribution is 2.24. The minimum atomic E-state index is -3.24. The molecule has 0 aliphatic rings. The first-order valence-electron chi connectivity index (χ1n) is 7.39. The van der Waals surface area contributed by atoms with E-state index in [2.05, 4.69) is 20.3 Å². The Hall–Kier alpha value is -2.67. The molecule has 2 aromatic carbocycles. The molecular formula is C17H14ClF2N3O2. The van der Waals surface area contributed by atoms with Gasteiger partial charge in [-0.3, -0.25) is 4.79 Å². The van der Waals surface area contributed by atoms with Crippen LogP contribution in [0.5, 0.6) is 5.75 Å². The topological polar surface area (TPSA) is 67.0 Å². The Morgan fingerprint density at radius 3 is 2.80 bits per heavy atom. The van der Waals surface area contributed by atoms with Gasteiger partial charge in [-0.15, -0.1) is 0 Å². The zero-order valence-electron chi connectivity index (χ0n) is 13.1. The lowest BCUT2D eigenvalue weighted by molar-refractivity contribution is -0.158. The molecule has 0 radical (unpaired) electrons. The van der Waals surface area contributed by atoms with E-state index in [4.69, 9.17) is 11.6 Å². The average Bonchev–Trinajstić information content (AvgIpc) is 2.55. The monoisotopic (exact) mass is 365 g/mol. The van der Waals surface area contributed by atoms with Crippen molar-refractivity contribution in [1.29, 1.82) is 0 Å². The molecule has 8 heteroatoms. The van der Waals surface area contributed by atoms with Gasteiger partial charge in [0, 0.05) is 24.5 Å². The van der Waals surface area contributed by atoms with Crippen molar-refractivity contribution in [2.45, 2.75) is 19.6 Å². The maximum Gasteiger partial charge on any atom is 0.394 e. The zero-order chi connectivity index (χ0) is 18.0. The lowest BCUT2D eigenvalue weighted by atomic mass is 10.1. The van der Waals surface area contributed by atoms with Crippen molar-refractivity contribution in [3.63, 3.8) is 0 Å². The van der Waals surface area contributed by atoms with Crippen molar-refractivity contribution in [3.8, 4) is 5.75 Å². The van der Waals surface area contributed by atoms with Crippen LogP contribution in [-0.2, 0) is 6.54 Å². The number of halogens is 3. The minimum Gasteiger partial charge on any atom is -0.433 e. The maximum absolute atomic E-state index is 12.9. The van der Waals surface area contributed by atoms with E-state index in [1.807, 2.05) is 0 Å². The molecule has 3 aromatic rings. The van der Waals surface area contributed by atoms with Crippen LogP contribution in [0, 0.1) is 0 Å². The fraction of sp³-hybridized carbons (Fsp3) is 0.176. The molecule has 25 heavy (non-hydrogen) atoms. The van der Waals surface area contributed by atoms with Gasteiger partial charge in [0.25, 0.3) is 5.56 Å². The summed E-state index contributed by atoms with van der Waals surface area (Å²) in [7, 11) is 0. The van der Waals surface area contributed by atoms with Crippen LogP contribution in [0.1, 0.15) is 12.5 Å². The second-order valence-electron chi connectivity index (χ2n) is 5.51. The molecule has 2 N–H and O–H groups in total. The number of rotatable bonds is 5. The van der Waals surface area contributed by atoms with Gasteiger partial charge in [0.15, 0.2) is 5.15 Å². The first-order chi connectivity index (χ1) is 11.8. The van der Waals surface area contributed by atoms with Gasteiger partial charge < -0.3 is 10.1 Å². The number of hydrogen-bond donors (Lipinski definition) is 2. The summed E-state index contributed by atoms with van der Waals surface area (Å²) in [6, 6.07) is 11.5. The Kier molecular flexibility index (Phi) is 4.59. The van der Waals surface area contributed by atoms with E-state index in [1.54, 1.807) is 30.3 Å². The van der Waals surface area contributed by atoms with Gasteiger partial charge in [-0.25, -0.2) is 5.10 Å². The molecule has 5 nitrogen and oxygen atoms in total. The number of ether oxygens (including phenoxy) is 1. The van der Waals surface area contributed by atoms with E-state index in [0.29, 0.717) is 29.9 Å². The predicted molar refractivity (Wildman–Crippen MR) is 92.4 cm³/mol. The summed E-state index contributed by atoms with van der Waals surface area (Å²) in [5.74, 6) is 0.0830. The van der Waals surface area contributed by atoms with Crippen molar-refractivity contribution in [1.82, 2.24) is 10.2 Å². The summed E-state index contributed by atoms with van der Waals surface area (Å²) >= 11 is 5.95. The average molecular weight is 366 g/mol. The molecule has 0 unspecified atom stereocenters. The van der Waals surface area contributed by atoms with Gasteiger partial charge in [0.2, 0.25) is 0 Å². The van der Waals surface area contributed by atoms with E-state index in [0.717, 1.165) is 5.56 Å². The standard InChI is InChI=1S/C17H14ClF2N3O2/c1-17(19,20)25-12-4-2-3-10(7-12)9-21-11-5-6-13-14(8-11)16(24)23-22-15(13)18/h2-8,21H,9H2,1H3,(H,23,24). The molecule has 0 amide bonds. The summed E-state index contributed by atoms with van der Waals surface area (Å²) in [4.78, 5) is 11.8. The molecule has 0 bridgehead atoms. The molecule has 1 heterocycles. The molecule has 0 aliphatic heterocycles. The van der Waals surface area contributed by atoms with Crippen LogP contribution in [0.2, 0.25) is 5.15 Å². The van der Waals surface area contributed by atoms with Gasteiger partial charge >= 0.3 is 6.11 Å². The van der Waals surface area contributed by atoms with Crippen LogP contribution in [0.15, 0.2) is 47.3 Å². The van der Waals surface area contributed by atoms with Crippen molar-refractivity contribution < 1.29 is 13.5 Å². The van der Waals surface area contributed by atoms with Crippen molar-refractivity contribution in [3.05, 3.63) is 63.5 Å². The Morgan fingerprint density at radius 1 is 1.24 bits per heavy atom. The van der Waals surface area contributed by atoms with Crippen molar-refractivity contribution in [2.75, 3.05) is 5.32 Å². The Morgan fingerprint density at radius 2 is 2.04 bits per heavy atom. The molecule has 130 valence electrons. The van der Waals surface area contributed by atoms with E-state index < -0.39 is 6.11 Å². The van der Waals surface area contributed by atoms with E-state index in [9.17, 15) is 13.6 Å². The molecule has 0 saturated heterocycles. The highest BCUT2D eigenvalue weighted by molar-refractivity contribution is 6.34. The first-order valence-corrected chi connectivity index (χ1v) is 7.77. The fourth-order valence-electron chi connectivity index (χ4n) is 2.37. The summed E-state index contributed by atoms with van der Waals surface area (Å²) in [6.07, 6.45) is -3.24. The zero-order valence-corrected chi connectivity index (χ0v) is 13.9. The number of aromatic nitrogens is 2. The number of hydrogen-bond acceptors (Lipinski definition) is 4. The smallest absolute Gasteiger partial charge is 0.394 e. The Labute approximate surface area is 146 Å². The van der Waals surface area contributed by atoms with E-state index in [1.165, 1.54) is 12.1 Å². The van der Waals surface area contributed by atoms with Gasteiger partial charge in [-0.05, 0) is 35.9 Å². The number of nitrogens with zero attached hydrogens (tertiary/aromatic N) is 1. The number of fused-ring (bicyclic) bond motifs is 1. The molecular weight excluding hydrogens is 352 g/mol. The van der Waals surface area contributed by atoms with Crippen LogP contribution in [0.3, 0.4) is 0 Å². The van der Waals surface area contributed by atoms with Crippen LogP contribution in [0.4, 0.5) is 14.5 Å². The number of aromatic amines is 1. The highest BCUT2D eigenvalue weighted by Gasteiger charge is 2.23. The van der Waals surface area contributed by atoms with E-state index >= 15 is 0 Å². The van der Waals surface area contributed by atoms with Gasteiger partial charge in [0.1, 0.15) is 5.75 Å².